The maximum absolute atomic E-state index is 5.80. The smallest absolute Gasteiger partial charge is 0.0667 e. The summed E-state index contributed by atoms with van der Waals surface area (Å²) in [6.07, 6.45) is 6.30. The largest absolute Gasteiger partial charge is 0.380 e. The van der Waals surface area contributed by atoms with Crippen LogP contribution < -0.4 is 5.32 Å². The van der Waals surface area contributed by atoms with Crippen molar-refractivity contribution < 1.29 is 4.74 Å². The number of hydrogen-bond acceptors (Lipinski definition) is 3. The van der Waals surface area contributed by atoms with Crippen LogP contribution in [0.4, 0.5) is 5.69 Å². The molecule has 1 aromatic heterocycles. The SMILES string of the molecule is CCOC1CC(Nc2cccnc2)C1(C)CC. The van der Waals surface area contributed by atoms with Gasteiger partial charge in [-0.25, -0.2) is 0 Å². The molecule has 1 aliphatic rings. The zero-order valence-electron chi connectivity index (χ0n) is 10.9. The fourth-order valence-electron chi connectivity index (χ4n) is 2.62. The molecule has 1 aliphatic carbocycles. The molecule has 1 N–H and O–H groups in total. The van der Waals surface area contributed by atoms with Gasteiger partial charge in [-0.1, -0.05) is 13.8 Å². The summed E-state index contributed by atoms with van der Waals surface area (Å²) >= 11 is 0. The van der Waals surface area contributed by atoms with Crippen LogP contribution in [0.5, 0.6) is 0 Å². The lowest BCUT2D eigenvalue weighted by Gasteiger charge is -2.53. The molecule has 94 valence electrons. The summed E-state index contributed by atoms with van der Waals surface area (Å²) in [5.74, 6) is 0. The monoisotopic (exact) mass is 234 g/mol. The molecule has 3 unspecified atom stereocenters. The first-order valence-electron chi connectivity index (χ1n) is 6.49. The second-order valence-corrected chi connectivity index (χ2v) is 4.98. The Morgan fingerprint density at radius 3 is 2.94 bits per heavy atom. The van der Waals surface area contributed by atoms with Crippen molar-refractivity contribution in [3.8, 4) is 0 Å². The molecule has 1 saturated carbocycles. The molecule has 1 aromatic rings. The number of hydrogen-bond donors (Lipinski definition) is 1. The highest BCUT2D eigenvalue weighted by molar-refractivity contribution is 5.42. The third-order valence-electron chi connectivity index (χ3n) is 4.11. The van der Waals surface area contributed by atoms with E-state index in [0.717, 1.165) is 25.1 Å². The van der Waals surface area contributed by atoms with Gasteiger partial charge in [0.25, 0.3) is 0 Å². The lowest BCUT2D eigenvalue weighted by molar-refractivity contribution is -0.109. The minimum Gasteiger partial charge on any atom is -0.380 e. The van der Waals surface area contributed by atoms with Crippen LogP contribution in [0.25, 0.3) is 0 Å². The van der Waals surface area contributed by atoms with Crippen LogP contribution in [0, 0.1) is 5.41 Å². The van der Waals surface area contributed by atoms with Gasteiger partial charge in [0, 0.05) is 30.5 Å². The van der Waals surface area contributed by atoms with Gasteiger partial charge < -0.3 is 10.1 Å². The molecule has 0 aliphatic heterocycles. The van der Waals surface area contributed by atoms with Gasteiger partial charge in [0.2, 0.25) is 0 Å². The molecule has 1 fully saturated rings. The van der Waals surface area contributed by atoms with Crippen LogP contribution in [0.15, 0.2) is 24.5 Å². The summed E-state index contributed by atoms with van der Waals surface area (Å²) in [7, 11) is 0. The van der Waals surface area contributed by atoms with Crippen LogP contribution in [0.2, 0.25) is 0 Å². The molecule has 3 nitrogen and oxygen atoms in total. The third-order valence-corrected chi connectivity index (χ3v) is 4.11. The maximum atomic E-state index is 5.80. The molecule has 0 aromatic carbocycles. The number of aromatic nitrogens is 1. The van der Waals surface area contributed by atoms with Gasteiger partial charge >= 0.3 is 0 Å². The van der Waals surface area contributed by atoms with Gasteiger partial charge in [-0.05, 0) is 31.9 Å². The van der Waals surface area contributed by atoms with E-state index in [1.54, 1.807) is 6.20 Å². The number of anilines is 1. The van der Waals surface area contributed by atoms with Gasteiger partial charge in [0.05, 0.1) is 11.8 Å². The molecule has 3 heteroatoms. The highest BCUT2D eigenvalue weighted by atomic mass is 16.5. The standard InChI is InChI=1S/C14H22N2O/c1-4-14(3)12(9-13(14)17-5-2)16-11-7-6-8-15-10-11/h6-8,10,12-13,16H,4-5,9H2,1-3H3. The molecule has 0 amide bonds. The zero-order chi connectivity index (χ0) is 12.3. The number of nitrogens with one attached hydrogen (secondary N) is 1. The average molecular weight is 234 g/mol. The highest BCUT2D eigenvalue weighted by Gasteiger charge is 2.51. The van der Waals surface area contributed by atoms with E-state index in [-0.39, 0.29) is 5.41 Å². The lowest BCUT2D eigenvalue weighted by Crippen LogP contribution is -2.59. The lowest BCUT2D eigenvalue weighted by atomic mass is 9.61. The van der Waals surface area contributed by atoms with Gasteiger partial charge in [0.15, 0.2) is 0 Å². The van der Waals surface area contributed by atoms with Crippen molar-refractivity contribution in [3.05, 3.63) is 24.5 Å². The quantitative estimate of drug-likeness (QED) is 0.850. The summed E-state index contributed by atoms with van der Waals surface area (Å²) < 4.78 is 5.80. The van der Waals surface area contributed by atoms with E-state index in [4.69, 9.17) is 4.74 Å². The molecule has 17 heavy (non-hydrogen) atoms. The number of rotatable bonds is 5. The van der Waals surface area contributed by atoms with E-state index in [0.29, 0.717) is 12.1 Å². The molecule has 3 atom stereocenters. The Morgan fingerprint density at radius 2 is 2.35 bits per heavy atom. The number of nitrogens with zero attached hydrogens (tertiary/aromatic N) is 1. The van der Waals surface area contributed by atoms with Crippen LogP contribution >= 0.6 is 0 Å². The van der Waals surface area contributed by atoms with E-state index in [1.807, 2.05) is 12.3 Å². The maximum Gasteiger partial charge on any atom is 0.0667 e. The van der Waals surface area contributed by atoms with Crippen molar-refractivity contribution in [3.63, 3.8) is 0 Å². The number of ether oxygens (including phenoxy) is 1. The normalized spacial score (nSPS) is 31.9. The van der Waals surface area contributed by atoms with E-state index in [1.165, 1.54) is 0 Å². The van der Waals surface area contributed by atoms with Gasteiger partial charge in [0.1, 0.15) is 0 Å². The summed E-state index contributed by atoms with van der Waals surface area (Å²) in [5, 5.41) is 3.57. The minimum absolute atomic E-state index is 0.242. The predicted octanol–water partition coefficient (Wildman–Crippen LogP) is 3.09. The molecule has 1 heterocycles. The molecule has 0 radical (unpaired) electrons. The fraction of sp³-hybridized carbons (Fsp3) is 0.643. The predicted molar refractivity (Wildman–Crippen MR) is 70.1 cm³/mol. The average Bonchev–Trinajstić information content (AvgIpc) is 2.38. The Balaban J connectivity index is 2.00. The summed E-state index contributed by atoms with van der Waals surface area (Å²) in [5.41, 5.74) is 1.35. The zero-order valence-corrected chi connectivity index (χ0v) is 10.9. The van der Waals surface area contributed by atoms with Crippen molar-refractivity contribution in [1.29, 1.82) is 0 Å². The summed E-state index contributed by atoms with van der Waals surface area (Å²) in [6.45, 7) is 7.42. The molecule has 0 spiro atoms. The van der Waals surface area contributed by atoms with Gasteiger partial charge in [-0.3, -0.25) is 4.98 Å². The minimum atomic E-state index is 0.242. The van der Waals surface area contributed by atoms with Gasteiger partial charge in [-0.15, -0.1) is 0 Å². The van der Waals surface area contributed by atoms with Crippen molar-refractivity contribution in [2.24, 2.45) is 5.41 Å². The Labute approximate surface area is 104 Å². The van der Waals surface area contributed by atoms with Crippen molar-refractivity contribution in [1.82, 2.24) is 4.98 Å². The molecular weight excluding hydrogens is 212 g/mol. The second kappa shape index (κ2) is 5.05. The molecule has 0 saturated heterocycles. The van der Waals surface area contributed by atoms with E-state index >= 15 is 0 Å². The summed E-state index contributed by atoms with van der Waals surface area (Å²) in [6, 6.07) is 4.52. The Kier molecular flexibility index (Phi) is 3.67. The fourth-order valence-corrected chi connectivity index (χ4v) is 2.62. The molecular formula is C14H22N2O. The van der Waals surface area contributed by atoms with Crippen LogP contribution in [0.1, 0.15) is 33.6 Å². The van der Waals surface area contributed by atoms with E-state index < -0.39 is 0 Å². The topological polar surface area (TPSA) is 34.1 Å². The first-order valence-corrected chi connectivity index (χ1v) is 6.49. The second-order valence-electron chi connectivity index (χ2n) is 4.98. The first kappa shape index (κ1) is 12.4. The van der Waals surface area contributed by atoms with E-state index in [9.17, 15) is 0 Å². The van der Waals surface area contributed by atoms with Crippen LogP contribution in [-0.2, 0) is 4.74 Å². The Hall–Kier alpha value is -1.09. The molecule has 0 bridgehead atoms. The highest BCUT2D eigenvalue weighted by Crippen LogP contribution is 2.47. The van der Waals surface area contributed by atoms with E-state index in [2.05, 4.69) is 37.1 Å². The van der Waals surface area contributed by atoms with Crippen LogP contribution in [0.3, 0.4) is 0 Å². The van der Waals surface area contributed by atoms with Crippen molar-refractivity contribution >= 4 is 5.69 Å². The number of pyridine rings is 1. The van der Waals surface area contributed by atoms with Gasteiger partial charge in [-0.2, -0.15) is 0 Å². The van der Waals surface area contributed by atoms with Crippen LogP contribution in [-0.4, -0.2) is 23.7 Å². The first-order chi connectivity index (χ1) is 8.20. The molecule has 2 rings (SSSR count). The van der Waals surface area contributed by atoms with Crippen molar-refractivity contribution in [2.75, 3.05) is 11.9 Å². The Bertz CT molecular complexity index is 354. The summed E-state index contributed by atoms with van der Waals surface area (Å²) in [4.78, 5) is 4.13. The Morgan fingerprint density at radius 1 is 1.53 bits per heavy atom. The van der Waals surface area contributed by atoms with Crippen molar-refractivity contribution in [2.45, 2.75) is 45.8 Å². The third kappa shape index (κ3) is 2.29.